The van der Waals surface area contributed by atoms with E-state index in [4.69, 9.17) is 13.9 Å². The molecule has 0 spiro atoms. The van der Waals surface area contributed by atoms with Crippen LogP contribution in [0.3, 0.4) is 0 Å². The monoisotopic (exact) mass is 580 g/mol. The highest BCUT2D eigenvalue weighted by atomic mass is 16.5. The fourth-order valence-corrected chi connectivity index (χ4v) is 5.16. The zero-order chi connectivity index (χ0) is 29.9. The van der Waals surface area contributed by atoms with Crippen molar-refractivity contribution < 1.29 is 70.1 Å². The third kappa shape index (κ3) is 4.66. The number of aromatic hydroxyl groups is 4. The van der Waals surface area contributed by atoms with Crippen LogP contribution < -0.4 is 5.43 Å². The number of phenols is 4. The van der Waals surface area contributed by atoms with Crippen molar-refractivity contribution in [1.82, 2.24) is 0 Å². The number of hydrogen-bond acceptors (Lipinski definition) is 15. The predicted octanol–water partition coefficient (Wildman–Crippen LogP) is -2.05. The molecule has 222 valence electrons. The molecule has 0 saturated carbocycles. The Labute approximate surface area is 229 Å². The Hall–Kier alpha value is -3.51. The highest BCUT2D eigenvalue weighted by molar-refractivity contribution is 5.92. The number of aliphatic hydroxyl groups is 7. The van der Waals surface area contributed by atoms with Gasteiger partial charge in [0.05, 0.1) is 24.3 Å². The lowest BCUT2D eigenvalue weighted by Gasteiger charge is -2.41. The number of rotatable bonds is 4. The van der Waals surface area contributed by atoms with Gasteiger partial charge in [-0.05, 0) is 18.2 Å². The van der Waals surface area contributed by atoms with E-state index in [1.165, 1.54) is 6.07 Å². The van der Waals surface area contributed by atoms with Crippen molar-refractivity contribution in [3.8, 4) is 34.3 Å². The predicted molar refractivity (Wildman–Crippen MR) is 134 cm³/mol. The largest absolute Gasteiger partial charge is 0.507 e. The number of fused-ring (bicyclic) bond motifs is 1. The summed E-state index contributed by atoms with van der Waals surface area (Å²) in [7, 11) is 0. The number of aliphatic hydroxyl groups excluding tert-OH is 7. The molecule has 15 heteroatoms. The van der Waals surface area contributed by atoms with Crippen LogP contribution in [0.5, 0.6) is 23.0 Å². The molecule has 2 aliphatic heterocycles. The minimum atomic E-state index is -2.00. The lowest BCUT2D eigenvalue weighted by Crippen LogP contribution is -2.55. The van der Waals surface area contributed by atoms with Crippen LogP contribution in [0.1, 0.15) is 23.3 Å². The molecule has 3 heterocycles. The standard InChI is InChI=1S/C26H28O15/c27-5-13-18(33)21(36)23(38)26(41-13)16-20(35)15(25-22(37)17(32)11(31)6-39-25)19(34)14-10(30)4-12(40-24(14)16)7-1-2-8(28)9(29)3-7/h1-4,11,13,17-18,21-23,25-29,31-38H,5-6H2/t11-,13-,17-,18-,21+,22-,23-,25-,26+/m1/s1. The van der Waals surface area contributed by atoms with Gasteiger partial charge >= 0.3 is 0 Å². The first-order chi connectivity index (χ1) is 19.4. The van der Waals surface area contributed by atoms with Gasteiger partial charge in [0.1, 0.15) is 77.6 Å². The zero-order valence-corrected chi connectivity index (χ0v) is 21.0. The average molecular weight is 580 g/mol. The first kappa shape index (κ1) is 29.0. The SMILES string of the molecule is O=c1cc(-c2ccc(O)c(O)c2)oc2c([C@@H]3O[C@H](CO)[C@@H](O)[C@H](O)[C@H]3O)c(O)c([C@H]3OC[C@@H](O)[C@@H](O)[C@H]3O)c(O)c12. The summed E-state index contributed by atoms with van der Waals surface area (Å²) in [6.07, 6.45) is -16.0. The third-order valence-electron chi connectivity index (χ3n) is 7.42. The van der Waals surface area contributed by atoms with Crippen molar-refractivity contribution >= 4 is 11.0 Å². The highest BCUT2D eigenvalue weighted by Crippen LogP contribution is 2.50. The van der Waals surface area contributed by atoms with E-state index in [0.717, 1.165) is 18.2 Å². The van der Waals surface area contributed by atoms with Gasteiger partial charge in [0.2, 0.25) is 0 Å². The van der Waals surface area contributed by atoms with Gasteiger partial charge in [-0.25, -0.2) is 0 Å². The summed E-state index contributed by atoms with van der Waals surface area (Å²) in [5.74, 6) is -3.21. The van der Waals surface area contributed by atoms with Gasteiger partial charge < -0.3 is 70.1 Å². The maximum absolute atomic E-state index is 13.4. The minimum Gasteiger partial charge on any atom is -0.507 e. The van der Waals surface area contributed by atoms with E-state index in [2.05, 4.69) is 0 Å². The van der Waals surface area contributed by atoms with E-state index in [1.807, 2.05) is 0 Å². The van der Waals surface area contributed by atoms with Gasteiger partial charge in [0, 0.05) is 11.6 Å². The van der Waals surface area contributed by atoms with Crippen molar-refractivity contribution in [3.63, 3.8) is 0 Å². The topological polar surface area (TPSA) is 271 Å². The molecule has 11 N–H and O–H groups in total. The lowest BCUT2D eigenvalue weighted by atomic mass is 9.85. The molecular weight excluding hydrogens is 552 g/mol. The van der Waals surface area contributed by atoms with Crippen molar-refractivity contribution in [3.05, 3.63) is 45.6 Å². The van der Waals surface area contributed by atoms with Crippen LogP contribution >= 0.6 is 0 Å². The minimum absolute atomic E-state index is 0.0604. The molecule has 0 amide bonds. The van der Waals surface area contributed by atoms with E-state index < -0.39 is 119 Å². The molecule has 9 atom stereocenters. The Morgan fingerprint density at radius 3 is 2.10 bits per heavy atom. The van der Waals surface area contributed by atoms with E-state index in [0.29, 0.717) is 0 Å². The lowest BCUT2D eigenvalue weighted by molar-refractivity contribution is -0.231. The second kappa shape index (κ2) is 10.7. The summed E-state index contributed by atoms with van der Waals surface area (Å²) < 4.78 is 16.8. The van der Waals surface area contributed by atoms with Gasteiger partial charge in [-0.2, -0.15) is 0 Å². The van der Waals surface area contributed by atoms with Crippen LogP contribution in [-0.2, 0) is 9.47 Å². The van der Waals surface area contributed by atoms with Crippen LogP contribution in [-0.4, -0.2) is 112 Å². The Morgan fingerprint density at radius 2 is 1.44 bits per heavy atom. The molecular formula is C26H28O15. The zero-order valence-electron chi connectivity index (χ0n) is 21.0. The highest BCUT2D eigenvalue weighted by Gasteiger charge is 2.48. The van der Waals surface area contributed by atoms with Gasteiger partial charge in [-0.15, -0.1) is 0 Å². The van der Waals surface area contributed by atoms with E-state index >= 15 is 0 Å². The molecule has 2 aromatic carbocycles. The van der Waals surface area contributed by atoms with Crippen LogP contribution in [0.2, 0.25) is 0 Å². The molecule has 0 bridgehead atoms. The number of phenolic OH excluding ortho intramolecular Hbond substituents is 4. The van der Waals surface area contributed by atoms with E-state index in [-0.39, 0.29) is 11.3 Å². The Morgan fingerprint density at radius 1 is 0.756 bits per heavy atom. The van der Waals surface area contributed by atoms with Gasteiger partial charge in [0.15, 0.2) is 22.5 Å². The maximum atomic E-state index is 13.4. The molecule has 1 aromatic heterocycles. The Balaban J connectivity index is 1.82. The molecule has 2 fully saturated rings. The normalized spacial score (nSPS) is 32.3. The summed E-state index contributed by atoms with van der Waals surface area (Å²) in [5, 5.41) is 114. The second-order valence-electron chi connectivity index (χ2n) is 9.96. The Bertz CT molecular complexity index is 1520. The summed E-state index contributed by atoms with van der Waals surface area (Å²) in [4.78, 5) is 13.4. The number of hydrogen-bond donors (Lipinski definition) is 11. The summed E-state index contributed by atoms with van der Waals surface area (Å²) in [5.41, 5.74) is -2.68. The molecule has 2 aliphatic rings. The molecule has 0 aliphatic carbocycles. The number of benzene rings is 2. The average Bonchev–Trinajstić information content (AvgIpc) is 2.93. The molecule has 41 heavy (non-hydrogen) atoms. The fraction of sp³-hybridized carbons (Fsp3) is 0.423. The first-order valence-corrected chi connectivity index (χ1v) is 12.4. The molecule has 15 nitrogen and oxygen atoms in total. The Kier molecular flexibility index (Phi) is 7.58. The van der Waals surface area contributed by atoms with Crippen LogP contribution in [0.4, 0.5) is 0 Å². The van der Waals surface area contributed by atoms with Crippen molar-refractivity contribution in [1.29, 1.82) is 0 Å². The van der Waals surface area contributed by atoms with Gasteiger partial charge in [0.25, 0.3) is 0 Å². The van der Waals surface area contributed by atoms with Crippen molar-refractivity contribution in [2.75, 3.05) is 13.2 Å². The van der Waals surface area contributed by atoms with Crippen LogP contribution in [0.25, 0.3) is 22.3 Å². The molecule has 5 rings (SSSR count). The molecule has 3 aromatic rings. The first-order valence-electron chi connectivity index (χ1n) is 12.4. The second-order valence-corrected chi connectivity index (χ2v) is 9.96. The van der Waals surface area contributed by atoms with E-state index in [9.17, 15) is 61.0 Å². The third-order valence-corrected chi connectivity index (χ3v) is 7.42. The van der Waals surface area contributed by atoms with Gasteiger partial charge in [-0.3, -0.25) is 4.79 Å². The van der Waals surface area contributed by atoms with E-state index in [1.54, 1.807) is 0 Å². The molecule has 0 unspecified atom stereocenters. The summed E-state index contributed by atoms with van der Waals surface area (Å²) >= 11 is 0. The number of ether oxygens (including phenoxy) is 2. The summed E-state index contributed by atoms with van der Waals surface area (Å²) in [6, 6.07) is 4.34. The molecule has 2 saturated heterocycles. The van der Waals surface area contributed by atoms with Crippen LogP contribution in [0, 0.1) is 0 Å². The smallest absolute Gasteiger partial charge is 0.197 e. The maximum Gasteiger partial charge on any atom is 0.197 e. The van der Waals surface area contributed by atoms with Crippen molar-refractivity contribution in [2.45, 2.75) is 54.9 Å². The van der Waals surface area contributed by atoms with Crippen molar-refractivity contribution in [2.24, 2.45) is 0 Å². The van der Waals surface area contributed by atoms with Gasteiger partial charge in [-0.1, -0.05) is 0 Å². The van der Waals surface area contributed by atoms with Crippen LogP contribution in [0.15, 0.2) is 33.5 Å². The fourth-order valence-electron chi connectivity index (χ4n) is 5.16. The quantitative estimate of drug-likeness (QED) is 0.148. The molecule has 0 radical (unpaired) electrons. The summed E-state index contributed by atoms with van der Waals surface area (Å²) in [6.45, 7) is -1.39.